The zero-order valence-corrected chi connectivity index (χ0v) is 16.1. The summed E-state index contributed by atoms with van der Waals surface area (Å²) in [5, 5.41) is 6.19. The minimum absolute atomic E-state index is 0. The molecule has 1 atom stereocenters. The molecule has 1 heterocycles. The largest absolute Gasteiger partial charge is 0.348 e. The van der Waals surface area contributed by atoms with Crippen LogP contribution in [0.5, 0.6) is 0 Å². The van der Waals surface area contributed by atoms with Crippen molar-refractivity contribution in [1.29, 1.82) is 0 Å². The smallest absolute Gasteiger partial charge is 0.261 e. The molecule has 3 rings (SSSR count). The van der Waals surface area contributed by atoms with Gasteiger partial charge in [-0.1, -0.05) is 0 Å². The molecule has 2 aromatic rings. The van der Waals surface area contributed by atoms with Crippen molar-refractivity contribution in [1.82, 2.24) is 10.6 Å². The Morgan fingerprint density at radius 3 is 2.33 bits per heavy atom. The van der Waals surface area contributed by atoms with E-state index in [-0.39, 0.29) is 29.3 Å². The van der Waals surface area contributed by atoms with E-state index in [2.05, 4.69) is 15.4 Å². The fraction of sp³-hybridized carbons (Fsp3) is 0.278. The van der Waals surface area contributed by atoms with Crippen LogP contribution in [-0.2, 0) is 10.0 Å². The van der Waals surface area contributed by atoms with Crippen LogP contribution in [0.15, 0.2) is 53.4 Å². The van der Waals surface area contributed by atoms with Gasteiger partial charge in [0.15, 0.2) is 0 Å². The maximum Gasteiger partial charge on any atom is 0.261 e. The van der Waals surface area contributed by atoms with Gasteiger partial charge in [0.05, 0.1) is 4.90 Å². The number of amides is 1. The highest BCUT2D eigenvalue weighted by Crippen LogP contribution is 2.17. The molecule has 0 aromatic heterocycles. The van der Waals surface area contributed by atoms with E-state index >= 15 is 0 Å². The van der Waals surface area contributed by atoms with Crippen LogP contribution in [0.25, 0.3) is 0 Å². The molecule has 0 saturated carbocycles. The summed E-state index contributed by atoms with van der Waals surface area (Å²) >= 11 is 0. The Balaban J connectivity index is 0.00000261. The number of sulfonamides is 1. The van der Waals surface area contributed by atoms with E-state index in [9.17, 15) is 17.6 Å². The number of hydrogen-bond acceptors (Lipinski definition) is 4. The number of benzene rings is 2. The first-order chi connectivity index (χ1) is 12.4. The quantitative estimate of drug-likeness (QED) is 0.703. The second kappa shape index (κ2) is 9.16. The molecule has 6 nitrogen and oxygen atoms in total. The lowest BCUT2D eigenvalue weighted by Crippen LogP contribution is -2.45. The third kappa shape index (κ3) is 5.66. The van der Waals surface area contributed by atoms with Gasteiger partial charge in [0, 0.05) is 23.8 Å². The van der Waals surface area contributed by atoms with Crippen LogP contribution in [0.1, 0.15) is 23.2 Å². The first-order valence-electron chi connectivity index (χ1n) is 8.34. The summed E-state index contributed by atoms with van der Waals surface area (Å²) in [6, 6.07) is 10.8. The van der Waals surface area contributed by atoms with Gasteiger partial charge in [-0.05, 0) is 67.9 Å². The van der Waals surface area contributed by atoms with Gasteiger partial charge in [-0.3, -0.25) is 9.52 Å². The number of rotatable bonds is 5. The molecule has 9 heteroatoms. The number of anilines is 1. The molecule has 0 radical (unpaired) electrons. The predicted molar refractivity (Wildman–Crippen MR) is 104 cm³/mol. The standard InChI is InChI=1S/C18H20FN3O3S.ClH/c19-14-5-9-17(10-6-14)26(24,25)22-15-7-3-13(4-8-15)18(23)21-16-2-1-11-20-12-16;/h3-10,16,20,22H,1-2,11-12H2,(H,21,23);1H. The van der Waals surface area contributed by atoms with Gasteiger partial charge in [0.1, 0.15) is 5.82 Å². The Morgan fingerprint density at radius 1 is 1.07 bits per heavy atom. The summed E-state index contributed by atoms with van der Waals surface area (Å²) in [7, 11) is -3.81. The summed E-state index contributed by atoms with van der Waals surface area (Å²) in [5.74, 6) is -0.695. The van der Waals surface area contributed by atoms with Crippen LogP contribution in [0.4, 0.5) is 10.1 Å². The average Bonchev–Trinajstić information content (AvgIpc) is 2.63. The highest BCUT2D eigenvalue weighted by atomic mass is 35.5. The van der Waals surface area contributed by atoms with E-state index in [0.717, 1.165) is 38.1 Å². The van der Waals surface area contributed by atoms with E-state index in [1.807, 2.05) is 0 Å². The lowest BCUT2D eigenvalue weighted by atomic mass is 10.1. The molecule has 1 fully saturated rings. The zero-order chi connectivity index (χ0) is 18.6. The highest BCUT2D eigenvalue weighted by Gasteiger charge is 2.17. The molecule has 0 bridgehead atoms. The van der Waals surface area contributed by atoms with Crippen LogP contribution in [0.2, 0.25) is 0 Å². The molecule has 146 valence electrons. The molecular formula is C18H21ClFN3O3S. The SMILES string of the molecule is Cl.O=C(NC1CCCNC1)c1ccc(NS(=O)(=O)c2ccc(F)cc2)cc1. The van der Waals surface area contributed by atoms with Gasteiger partial charge in [-0.25, -0.2) is 12.8 Å². The third-order valence-corrected chi connectivity index (χ3v) is 5.55. The average molecular weight is 414 g/mol. The van der Waals surface area contributed by atoms with E-state index in [0.29, 0.717) is 11.3 Å². The van der Waals surface area contributed by atoms with Crippen LogP contribution >= 0.6 is 12.4 Å². The van der Waals surface area contributed by atoms with Crippen molar-refractivity contribution >= 4 is 34.0 Å². The Morgan fingerprint density at radius 2 is 1.74 bits per heavy atom. The van der Waals surface area contributed by atoms with Crippen molar-refractivity contribution in [3.8, 4) is 0 Å². The Labute approximate surface area is 164 Å². The second-order valence-corrected chi connectivity index (χ2v) is 7.84. The van der Waals surface area contributed by atoms with E-state index < -0.39 is 15.8 Å². The van der Waals surface area contributed by atoms with Gasteiger partial charge >= 0.3 is 0 Å². The number of halogens is 2. The maximum absolute atomic E-state index is 12.9. The number of carbonyl (C=O) groups is 1. The van der Waals surface area contributed by atoms with Crippen LogP contribution in [-0.4, -0.2) is 33.5 Å². The van der Waals surface area contributed by atoms with Gasteiger partial charge < -0.3 is 10.6 Å². The molecule has 1 unspecified atom stereocenters. The Hall–Kier alpha value is -2.16. The minimum Gasteiger partial charge on any atom is -0.348 e. The summed E-state index contributed by atoms with van der Waals surface area (Å²) in [6.45, 7) is 1.72. The van der Waals surface area contributed by atoms with E-state index in [1.54, 1.807) is 12.1 Å². The third-order valence-electron chi connectivity index (χ3n) is 4.16. The van der Waals surface area contributed by atoms with Crippen molar-refractivity contribution in [3.05, 3.63) is 59.9 Å². The van der Waals surface area contributed by atoms with E-state index in [4.69, 9.17) is 0 Å². The second-order valence-electron chi connectivity index (χ2n) is 6.15. The van der Waals surface area contributed by atoms with Gasteiger partial charge in [0.25, 0.3) is 15.9 Å². The summed E-state index contributed by atoms with van der Waals surface area (Å²) in [4.78, 5) is 12.2. The van der Waals surface area contributed by atoms with Gasteiger partial charge in [0.2, 0.25) is 0 Å². The zero-order valence-electron chi connectivity index (χ0n) is 14.4. The fourth-order valence-corrected chi connectivity index (χ4v) is 3.82. The maximum atomic E-state index is 12.9. The van der Waals surface area contributed by atoms with Crippen LogP contribution in [0.3, 0.4) is 0 Å². The van der Waals surface area contributed by atoms with Crippen molar-refractivity contribution in [2.45, 2.75) is 23.8 Å². The number of piperidine rings is 1. The topological polar surface area (TPSA) is 87.3 Å². The molecule has 27 heavy (non-hydrogen) atoms. The van der Waals surface area contributed by atoms with Gasteiger partial charge in [-0.2, -0.15) is 0 Å². The molecule has 0 spiro atoms. The van der Waals surface area contributed by atoms with Gasteiger partial charge in [-0.15, -0.1) is 12.4 Å². The molecule has 3 N–H and O–H groups in total. The molecular weight excluding hydrogens is 393 g/mol. The summed E-state index contributed by atoms with van der Waals surface area (Å²) in [5.41, 5.74) is 0.783. The van der Waals surface area contributed by atoms with Crippen LogP contribution < -0.4 is 15.4 Å². The Bertz CT molecular complexity index is 868. The lowest BCUT2D eigenvalue weighted by molar-refractivity contribution is 0.0930. The first kappa shape index (κ1) is 21.1. The lowest BCUT2D eigenvalue weighted by Gasteiger charge is -2.23. The molecule has 0 aliphatic carbocycles. The molecule has 1 aliphatic heterocycles. The van der Waals surface area contributed by atoms with E-state index in [1.165, 1.54) is 24.3 Å². The normalized spacial score (nSPS) is 16.9. The van der Waals surface area contributed by atoms with Crippen LogP contribution in [0, 0.1) is 5.82 Å². The fourth-order valence-electron chi connectivity index (χ4n) is 2.76. The molecule has 2 aromatic carbocycles. The highest BCUT2D eigenvalue weighted by molar-refractivity contribution is 7.92. The number of nitrogens with one attached hydrogen (secondary N) is 3. The Kier molecular flexibility index (Phi) is 7.18. The first-order valence-corrected chi connectivity index (χ1v) is 9.82. The predicted octanol–water partition coefficient (Wildman–Crippen LogP) is 2.53. The molecule has 1 saturated heterocycles. The monoisotopic (exact) mass is 413 g/mol. The molecule has 1 amide bonds. The minimum atomic E-state index is -3.81. The van der Waals surface area contributed by atoms with Crippen molar-refractivity contribution in [2.75, 3.05) is 17.8 Å². The summed E-state index contributed by atoms with van der Waals surface area (Å²) in [6.07, 6.45) is 1.96. The summed E-state index contributed by atoms with van der Waals surface area (Å²) < 4.78 is 39.9. The van der Waals surface area contributed by atoms with Crippen molar-refractivity contribution in [2.24, 2.45) is 0 Å². The van der Waals surface area contributed by atoms with Crippen molar-refractivity contribution in [3.63, 3.8) is 0 Å². The molecule has 1 aliphatic rings. The van der Waals surface area contributed by atoms with Crippen molar-refractivity contribution < 1.29 is 17.6 Å². The number of hydrogen-bond donors (Lipinski definition) is 3. The number of carbonyl (C=O) groups excluding carboxylic acids is 1.